The van der Waals surface area contributed by atoms with Gasteiger partial charge in [-0.15, -0.1) is 0 Å². The van der Waals surface area contributed by atoms with Crippen molar-refractivity contribution in [1.29, 1.82) is 0 Å². The van der Waals surface area contributed by atoms with Gasteiger partial charge in [0.1, 0.15) is 13.2 Å². The van der Waals surface area contributed by atoms with Gasteiger partial charge in [-0.05, 0) is 77.0 Å². The fraction of sp³-hybridized carbons (Fsp3) is 0.758. The quantitative estimate of drug-likeness (QED) is 0.0262. The highest BCUT2D eigenvalue weighted by Crippen LogP contribution is 2.16. The third kappa shape index (κ3) is 53.8. The van der Waals surface area contributed by atoms with Crippen molar-refractivity contribution in [2.45, 2.75) is 290 Å². The van der Waals surface area contributed by atoms with Crippen LogP contribution in [-0.4, -0.2) is 37.2 Å². The smallest absolute Gasteiger partial charge is 0.306 e. The van der Waals surface area contributed by atoms with E-state index < -0.39 is 6.10 Å². The zero-order valence-electron chi connectivity index (χ0n) is 44.9. The van der Waals surface area contributed by atoms with Crippen LogP contribution in [0.5, 0.6) is 0 Å². The van der Waals surface area contributed by atoms with Crippen molar-refractivity contribution in [2.75, 3.05) is 13.2 Å². The first-order valence-corrected chi connectivity index (χ1v) is 28.9. The van der Waals surface area contributed by atoms with Gasteiger partial charge in [0.2, 0.25) is 0 Å². The number of unbranched alkanes of at least 4 members (excludes halogenated alkanes) is 29. The van der Waals surface area contributed by atoms with Gasteiger partial charge >= 0.3 is 17.9 Å². The zero-order chi connectivity index (χ0) is 49.3. The largest absolute Gasteiger partial charge is 0.462 e. The number of allylic oxidation sites excluding steroid dienone is 12. The summed E-state index contributed by atoms with van der Waals surface area (Å²) >= 11 is 0. The Morgan fingerprint density at radius 3 is 1.01 bits per heavy atom. The minimum atomic E-state index is -0.807. The van der Waals surface area contributed by atoms with Gasteiger partial charge in [0, 0.05) is 19.3 Å². The van der Waals surface area contributed by atoms with Crippen LogP contribution in [0.2, 0.25) is 0 Å². The Hall–Kier alpha value is -3.15. The average molecular weight is 950 g/mol. The van der Waals surface area contributed by atoms with Crippen LogP contribution in [0.3, 0.4) is 0 Å². The fourth-order valence-corrected chi connectivity index (χ4v) is 8.13. The predicted octanol–water partition coefficient (Wildman–Crippen LogP) is 19.4. The van der Waals surface area contributed by atoms with E-state index in [4.69, 9.17) is 14.2 Å². The molecule has 0 amide bonds. The van der Waals surface area contributed by atoms with E-state index in [2.05, 4.69) is 87.6 Å². The van der Waals surface area contributed by atoms with Crippen LogP contribution in [-0.2, 0) is 28.6 Å². The van der Waals surface area contributed by atoms with Crippen molar-refractivity contribution in [3.63, 3.8) is 0 Å². The highest BCUT2D eigenvalue weighted by Gasteiger charge is 2.19. The van der Waals surface area contributed by atoms with Crippen molar-refractivity contribution in [2.24, 2.45) is 0 Å². The molecule has 0 aliphatic carbocycles. The van der Waals surface area contributed by atoms with E-state index in [1.54, 1.807) is 0 Å². The van der Waals surface area contributed by atoms with Crippen molar-refractivity contribution in [3.05, 3.63) is 72.9 Å². The summed E-state index contributed by atoms with van der Waals surface area (Å²) in [6.07, 6.45) is 72.0. The molecule has 0 aliphatic rings. The van der Waals surface area contributed by atoms with Crippen LogP contribution in [0.1, 0.15) is 284 Å². The summed E-state index contributed by atoms with van der Waals surface area (Å²) in [6, 6.07) is 0. The molecule has 1 unspecified atom stereocenters. The number of carbonyl (C=O) groups is 3. The molecular weight excluding hydrogens is 841 g/mol. The molecule has 0 radical (unpaired) electrons. The molecule has 0 aromatic carbocycles. The summed E-state index contributed by atoms with van der Waals surface area (Å²) in [5.41, 5.74) is 0. The van der Waals surface area contributed by atoms with E-state index in [0.717, 1.165) is 77.0 Å². The number of ether oxygens (including phenoxy) is 3. The molecule has 0 fully saturated rings. The van der Waals surface area contributed by atoms with Crippen molar-refractivity contribution < 1.29 is 28.6 Å². The molecule has 0 heterocycles. The molecule has 1 atom stereocenters. The topological polar surface area (TPSA) is 78.9 Å². The number of hydrogen-bond acceptors (Lipinski definition) is 6. The number of hydrogen-bond donors (Lipinski definition) is 0. The van der Waals surface area contributed by atoms with Gasteiger partial charge in [-0.3, -0.25) is 14.4 Å². The first-order valence-electron chi connectivity index (χ1n) is 28.9. The van der Waals surface area contributed by atoms with Crippen LogP contribution in [0.15, 0.2) is 72.9 Å². The van der Waals surface area contributed by atoms with Gasteiger partial charge in [0.05, 0.1) is 0 Å². The molecule has 0 saturated heterocycles. The number of esters is 3. The van der Waals surface area contributed by atoms with Gasteiger partial charge in [0.25, 0.3) is 0 Å². The lowest BCUT2D eigenvalue weighted by molar-refractivity contribution is -0.166. The van der Waals surface area contributed by atoms with E-state index >= 15 is 0 Å². The van der Waals surface area contributed by atoms with Gasteiger partial charge in [-0.2, -0.15) is 0 Å². The van der Waals surface area contributed by atoms with Crippen molar-refractivity contribution >= 4 is 17.9 Å². The normalized spacial score (nSPS) is 12.6. The van der Waals surface area contributed by atoms with E-state index in [0.29, 0.717) is 19.3 Å². The first-order chi connectivity index (χ1) is 33.5. The average Bonchev–Trinajstić information content (AvgIpc) is 3.34. The maximum atomic E-state index is 12.8. The minimum absolute atomic E-state index is 0.0984. The summed E-state index contributed by atoms with van der Waals surface area (Å²) in [7, 11) is 0. The van der Waals surface area contributed by atoms with Gasteiger partial charge in [-0.25, -0.2) is 0 Å². The van der Waals surface area contributed by atoms with Crippen LogP contribution >= 0.6 is 0 Å². The molecule has 6 heteroatoms. The summed E-state index contributed by atoms with van der Waals surface area (Å²) in [5.74, 6) is -0.982. The van der Waals surface area contributed by atoms with Gasteiger partial charge in [-0.1, -0.05) is 261 Å². The lowest BCUT2D eigenvalue weighted by Gasteiger charge is -2.18. The van der Waals surface area contributed by atoms with Crippen LogP contribution < -0.4 is 0 Å². The second kappa shape index (κ2) is 56.4. The standard InChI is InChI=1S/C62H108O6/c1-4-7-10-13-16-19-22-25-27-29-30-31-33-34-37-40-43-46-49-52-55-61(64)67-58-59(57-66-60(63)54-51-48-45-42-39-36-24-21-18-15-12-9-6-3)68-62(65)56-53-50-47-44-41-38-35-32-28-26-23-20-17-14-11-8-5-2/h9,12,17-18,20-21,26,28,36,39,45,48,59H,4-8,10-11,13-16,19,22-25,27,29-35,37-38,40-44,46-47,49-58H2,1-3H3/b12-9-,20-17-,21-18-,28-26-,39-36-,48-45-. The van der Waals surface area contributed by atoms with Crippen molar-refractivity contribution in [3.8, 4) is 0 Å². The Balaban J connectivity index is 4.39. The summed E-state index contributed by atoms with van der Waals surface area (Å²) in [5, 5.41) is 0. The number of rotatable bonds is 52. The molecule has 0 aromatic rings. The monoisotopic (exact) mass is 949 g/mol. The molecule has 0 aliphatic heterocycles. The Morgan fingerprint density at radius 1 is 0.309 bits per heavy atom. The van der Waals surface area contributed by atoms with Gasteiger partial charge in [0.15, 0.2) is 6.10 Å². The van der Waals surface area contributed by atoms with Crippen LogP contribution in [0.4, 0.5) is 0 Å². The highest BCUT2D eigenvalue weighted by atomic mass is 16.6. The Bertz CT molecular complexity index is 1270. The van der Waals surface area contributed by atoms with Crippen LogP contribution in [0, 0.1) is 0 Å². The van der Waals surface area contributed by atoms with Gasteiger partial charge < -0.3 is 14.2 Å². The summed E-state index contributed by atoms with van der Waals surface area (Å²) in [6.45, 7) is 6.46. The van der Waals surface area contributed by atoms with E-state index in [1.165, 1.54) is 161 Å². The molecule has 392 valence electrons. The third-order valence-electron chi connectivity index (χ3n) is 12.5. The molecule has 0 aromatic heterocycles. The summed E-state index contributed by atoms with van der Waals surface area (Å²) < 4.78 is 16.8. The predicted molar refractivity (Wildman–Crippen MR) is 293 cm³/mol. The Morgan fingerprint density at radius 2 is 0.603 bits per heavy atom. The molecule has 68 heavy (non-hydrogen) atoms. The zero-order valence-corrected chi connectivity index (χ0v) is 44.9. The second-order valence-electron chi connectivity index (χ2n) is 19.2. The third-order valence-corrected chi connectivity index (χ3v) is 12.5. The van der Waals surface area contributed by atoms with Crippen LogP contribution in [0.25, 0.3) is 0 Å². The SMILES string of the molecule is CC/C=C\C/C=C\C/C=C\C/C=C\CCC(=O)OCC(COC(=O)CCCCCCCCCCCCCCCCCCCCCC)OC(=O)CCCCCCCCC/C=C\C/C=C\CCCCC. The maximum Gasteiger partial charge on any atom is 0.306 e. The Labute approximate surface area is 421 Å². The number of carbonyl (C=O) groups excluding carboxylic acids is 3. The molecular formula is C62H108O6. The minimum Gasteiger partial charge on any atom is -0.462 e. The molecule has 0 spiro atoms. The van der Waals surface area contributed by atoms with E-state index in [1.807, 2.05) is 6.08 Å². The first kappa shape index (κ1) is 64.8. The lowest BCUT2D eigenvalue weighted by atomic mass is 10.0. The molecule has 0 rings (SSSR count). The fourth-order valence-electron chi connectivity index (χ4n) is 8.13. The molecule has 6 nitrogen and oxygen atoms in total. The summed E-state index contributed by atoms with van der Waals surface area (Å²) in [4.78, 5) is 38.1. The van der Waals surface area contributed by atoms with E-state index in [9.17, 15) is 14.4 Å². The Kier molecular flexibility index (Phi) is 53.8. The lowest BCUT2D eigenvalue weighted by Crippen LogP contribution is -2.30. The van der Waals surface area contributed by atoms with Crippen molar-refractivity contribution in [1.82, 2.24) is 0 Å². The molecule has 0 N–H and O–H groups in total. The maximum absolute atomic E-state index is 12.8. The second-order valence-corrected chi connectivity index (χ2v) is 19.2. The van der Waals surface area contributed by atoms with E-state index in [-0.39, 0.29) is 37.5 Å². The molecule has 0 saturated carbocycles. The molecule has 0 bridgehead atoms. The highest BCUT2D eigenvalue weighted by molar-refractivity contribution is 5.71.